The molecule has 1 amide bonds. The normalized spacial score (nSPS) is 11.5. The maximum atomic E-state index is 12.0. The molecule has 0 saturated heterocycles. The first kappa shape index (κ1) is 23.8. The molecule has 33 heavy (non-hydrogen) atoms. The van der Waals surface area contributed by atoms with Crippen molar-refractivity contribution in [2.45, 2.75) is 45.4 Å². The van der Waals surface area contributed by atoms with Gasteiger partial charge in [-0.15, -0.1) is 0 Å². The fourth-order valence-electron chi connectivity index (χ4n) is 2.68. The van der Waals surface area contributed by atoms with Crippen molar-refractivity contribution in [2.24, 2.45) is 10.2 Å². The molecule has 1 aromatic heterocycles. The molecule has 0 atom stereocenters. The predicted octanol–water partition coefficient (Wildman–Crippen LogP) is 5.29. The molecule has 0 aliphatic rings. The predicted molar refractivity (Wildman–Crippen MR) is 123 cm³/mol. The van der Waals surface area contributed by atoms with E-state index in [2.05, 4.69) is 25.7 Å². The van der Waals surface area contributed by atoms with Crippen molar-refractivity contribution < 1.29 is 18.8 Å². The molecule has 0 saturated carbocycles. The van der Waals surface area contributed by atoms with E-state index in [0.717, 1.165) is 5.69 Å². The van der Waals surface area contributed by atoms with Gasteiger partial charge in [0.05, 0.1) is 11.4 Å². The van der Waals surface area contributed by atoms with E-state index in [1.165, 1.54) is 0 Å². The zero-order valence-corrected chi connectivity index (χ0v) is 18.9. The van der Waals surface area contributed by atoms with E-state index in [4.69, 9.17) is 9.26 Å². The molecule has 3 aromatic rings. The van der Waals surface area contributed by atoms with Crippen LogP contribution in [0.5, 0.6) is 0 Å². The number of nitrogens with one attached hydrogen (secondary N) is 1. The van der Waals surface area contributed by atoms with E-state index in [9.17, 15) is 9.59 Å². The molecule has 9 heteroatoms. The molecule has 0 spiro atoms. The van der Waals surface area contributed by atoms with E-state index in [1.807, 2.05) is 51.1 Å². The molecule has 3 rings (SSSR count). The number of azo groups is 1. The number of carbonyl (C=O) groups excluding carboxylic acids is 2. The molecule has 0 aliphatic carbocycles. The minimum absolute atomic E-state index is 0.154. The number of aromatic nitrogens is 2. The van der Waals surface area contributed by atoms with Crippen molar-refractivity contribution in [1.29, 1.82) is 0 Å². The summed E-state index contributed by atoms with van der Waals surface area (Å²) in [6, 6.07) is 16.3. The lowest BCUT2D eigenvalue weighted by Gasteiger charge is -2.10. The first-order valence-electron chi connectivity index (χ1n) is 10.6. The summed E-state index contributed by atoms with van der Waals surface area (Å²) in [4.78, 5) is 28.3. The molecule has 172 valence electrons. The molecule has 0 fully saturated rings. The highest BCUT2D eigenvalue weighted by molar-refractivity contribution is 5.92. The molecule has 0 bridgehead atoms. The third-order valence-corrected chi connectivity index (χ3v) is 4.46. The molecular weight excluding hydrogens is 422 g/mol. The van der Waals surface area contributed by atoms with Crippen molar-refractivity contribution in [3.63, 3.8) is 0 Å². The molecule has 2 aromatic carbocycles. The second-order valence-corrected chi connectivity index (χ2v) is 8.41. The summed E-state index contributed by atoms with van der Waals surface area (Å²) in [6.45, 7) is 5.63. The number of hydrogen-bond donors (Lipinski definition) is 1. The Bertz CT molecular complexity index is 1090. The average Bonchev–Trinajstić information content (AvgIpc) is 3.28. The van der Waals surface area contributed by atoms with Crippen LogP contribution < -0.4 is 5.32 Å². The van der Waals surface area contributed by atoms with Gasteiger partial charge in [-0.3, -0.25) is 9.59 Å². The molecule has 9 nitrogen and oxygen atoms in total. The summed E-state index contributed by atoms with van der Waals surface area (Å²) >= 11 is 0. The fraction of sp³-hybridized carbons (Fsp3) is 0.333. The zero-order valence-electron chi connectivity index (χ0n) is 18.9. The van der Waals surface area contributed by atoms with Gasteiger partial charge in [0.1, 0.15) is 0 Å². The van der Waals surface area contributed by atoms with Gasteiger partial charge in [-0.1, -0.05) is 44.1 Å². The highest BCUT2D eigenvalue weighted by atomic mass is 16.5. The summed E-state index contributed by atoms with van der Waals surface area (Å²) < 4.78 is 10.2. The van der Waals surface area contributed by atoms with E-state index in [0.29, 0.717) is 35.9 Å². The maximum absolute atomic E-state index is 12.0. The fourth-order valence-corrected chi connectivity index (χ4v) is 2.68. The number of hydrogen-bond acceptors (Lipinski definition) is 8. The second-order valence-electron chi connectivity index (χ2n) is 8.41. The first-order valence-corrected chi connectivity index (χ1v) is 10.6. The summed E-state index contributed by atoms with van der Waals surface area (Å²) in [7, 11) is 0. The number of benzene rings is 2. The summed E-state index contributed by atoms with van der Waals surface area (Å²) in [5.74, 6) is 0.229. The van der Waals surface area contributed by atoms with Crippen LogP contribution in [0.4, 0.5) is 17.1 Å². The number of nitrogens with zero attached hydrogens (tertiary/aromatic N) is 4. The summed E-state index contributed by atoms with van der Waals surface area (Å²) in [5.41, 5.74) is 1.78. The van der Waals surface area contributed by atoms with Crippen molar-refractivity contribution >= 4 is 28.9 Å². The second kappa shape index (κ2) is 11.1. The Labute approximate surface area is 192 Å². The number of amides is 1. The van der Waals surface area contributed by atoms with E-state index >= 15 is 0 Å². The standard InChI is InChI=1S/C24H27N5O4/c1-24(2,3)23-26-21(33-29-23)10-7-11-22(31)32-16-20(30)25-17-12-14-19(15-13-17)28-27-18-8-5-4-6-9-18/h4-6,8-9,12-15H,7,10-11,16H2,1-3H3,(H,25,30). The van der Waals surface area contributed by atoms with Gasteiger partial charge in [-0.2, -0.15) is 15.2 Å². The maximum Gasteiger partial charge on any atom is 0.306 e. The van der Waals surface area contributed by atoms with Crippen LogP contribution in [0.2, 0.25) is 0 Å². The summed E-state index contributed by atoms with van der Waals surface area (Å²) in [6.07, 6.45) is 1.12. The smallest absolute Gasteiger partial charge is 0.306 e. The quantitative estimate of drug-likeness (QED) is 0.350. The van der Waals surface area contributed by atoms with E-state index in [1.54, 1.807) is 24.3 Å². The number of anilines is 1. The van der Waals surface area contributed by atoms with E-state index in [-0.39, 0.29) is 18.4 Å². The Morgan fingerprint density at radius 3 is 2.30 bits per heavy atom. The van der Waals surface area contributed by atoms with Crippen LogP contribution in [-0.4, -0.2) is 28.6 Å². The SMILES string of the molecule is CC(C)(C)c1noc(CCCC(=O)OCC(=O)Nc2ccc(N=Nc3ccccc3)cc2)n1. The highest BCUT2D eigenvalue weighted by Gasteiger charge is 2.20. The van der Waals surface area contributed by atoms with Crippen LogP contribution in [0.15, 0.2) is 69.3 Å². The highest BCUT2D eigenvalue weighted by Crippen LogP contribution is 2.20. The van der Waals surface area contributed by atoms with Crippen LogP contribution in [-0.2, 0) is 26.2 Å². The van der Waals surface area contributed by atoms with Crippen LogP contribution >= 0.6 is 0 Å². The van der Waals surface area contributed by atoms with Crippen molar-refractivity contribution in [1.82, 2.24) is 10.1 Å². The molecule has 0 radical (unpaired) electrons. The summed E-state index contributed by atoms with van der Waals surface area (Å²) in [5, 5.41) is 14.9. The zero-order chi connectivity index (χ0) is 23.7. The van der Waals surface area contributed by atoms with Gasteiger partial charge in [0.15, 0.2) is 12.4 Å². The Hall–Kier alpha value is -3.88. The minimum Gasteiger partial charge on any atom is -0.456 e. The van der Waals surface area contributed by atoms with Crippen molar-refractivity contribution in [3.8, 4) is 0 Å². The van der Waals surface area contributed by atoms with Crippen molar-refractivity contribution in [3.05, 3.63) is 66.3 Å². The Morgan fingerprint density at radius 2 is 1.67 bits per heavy atom. The molecule has 1 N–H and O–H groups in total. The van der Waals surface area contributed by atoms with Gasteiger partial charge in [0, 0.05) is 23.9 Å². The Morgan fingerprint density at radius 1 is 1.00 bits per heavy atom. The van der Waals surface area contributed by atoms with Gasteiger partial charge in [-0.05, 0) is 42.8 Å². The lowest BCUT2D eigenvalue weighted by atomic mass is 9.96. The van der Waals surface area contributed by atoms with Gasteiger partial charge in [-0.25, -0.2) is 0 Å². The number of carbonyl (C=O) groups is 2. The minimum atomic E-state index is -0.461. The van der Waals surface area contributed by atoms with Gasteiger partial charge in [0.2, 0.25) is 5.89 Å². The van der Waals surface area contributed by atoms with Crippen LogP contribution in [0.25, 0.3) is 0 Å². The number of rotatable bonds is 9. The monoisotopic (exact) mass is 449 g/mol. The third-order valence-electron chi connectivity index (χ3n) is 4.46. The Balaban J connectivity index is 1.36. The number of ether oxygens (including phenoxy) is 1. The number of esters is 1. The van der Waals surface area contributed by atoms with Crippen LogP contribution in [0, 0.1) is 0 Å². The van der Waals surface area contributed by atoms with Gasteiger partial charge >= 0.3 is 5.97 Å². The lowest BCUT2D eigenvalue weighted by Crippen LogP contribution is -2.20. The lowest BCUT2D eigenvalue weighted by molar-refractivity contribution is -0.147. The molecule has 1 heterocycles. The Kier molecular flexibility index (Phi) is 8.01. The van der Waals surface area contributed by atoms with Crippen molar-refractivity contribution in [2.75, 3.05) is 11.9 Å². The van der Waals surface area contributed by atoms with Gasteiger partial charge < -0.3 is 14.6 Å². The van der Waals surface area contributed by atoms with E-state index < -0.39 is 11.9 Å². The molecule has 0 unspecified atom stereocenters. The van der Waals surface area contributed by atoms with Gasteiger partial charge in [0.25, 0.3) is 5.91 Å². The third kappa shape index (κ3) is 7.95. The topological polar surface area (TPSA) is 119 Å². The van der Waals surface area contributed by atoms with Crippen LogP contribution in [0.1, 0.15) is 45.3 Å². The number of aryl methyl sites for hydroxylation is 1. The molecular formula is C24H27N5O4. The first-order chi connectivity index (χ1) is 15.8. The molecule has 0 aliphatic heterocycles. The van der Waals surface area contributed by atoms with Crippen LogP contribution in [0.3, 0.4) is 0 Å². The average molecular weight is 450 g/mol. The largest absolute Gasteiger partial charge is 0.456 e.